The molecule has 2 aliphatic rings. The summed E-state index contributed by atoms with van der Waals surface area (Å²) < 4.78 is 38.9. The van der Waals surface area contributed by atoms with Crippen molar-refractivity contribution in [3.63, 3.8) is 0 Å². The van der Waals surface area contributed by atoms with Crippen molar-refractivity contribution in [2.45, 2.75) is 31.9 Å². The van der Waals surface area contributed by atoms with E-state index >= 15 is 0 Å². The molecule has 0 unspecified atom stereocenters. The summed E-state index contributed by atoms with van der Waals surface area (Å²) in [6.45, 7) is 0.994. The van der Waals surface area contributed by atoms with Gasteiger partial charge in [0.05, 0.1) is 5.92 Å². The second kappa shape index (κ2) is 8.19. The number of amides is 3. The predicted octanol–water partition coefficient (Wildman–Crippen LogP) is 3.73. The Bertz CT molecular complexity index is 658. The van der Waals surface area contributed by atoms with E-state index in [1.807, 2.05) is 18.2 Å². The Morgan fingerprint density at radius 3 is 2.26 bits per heavy atom. The maximum absolute atomic E-state index is 13.0. The van der Waals surface area contributed by atoms with Gasteiger partial charge in [0.2, 0.25) is 5.91 Å². The van der Waals surface area contributed by atoms with E-state index in [2.05, 4.69) is 5.32 Å². The Morgan fingerprint density at radius 2 is 1.63 bits per heavy atom. The number of nitrogens with zero attached hydrogens (tertiary/aromatic N) is 2. The molecule has 0 aromatic heterocycles. The molecule has 1 aromatic rings. The highest BCUT2D eigenvalue weighted by atomic mass is 19.4. The van der Waals surface area contributed by atoms with Gasteiger partial charge in [-0.3, -0.25) is 4.79 Å². The van der Waals surface area contributed by atoms with Crippen LogP contribution in [0.25, 0.3) is 0 Å². The van der Waals surface area contributed by atoms with Gasteiger partial charge in [0.15, 0.2) is 0 Å². The molecular formula is C19H24F3N3O2. The summed E-state index contributed by atoms with van der Waals surface area (Å²) >= 11 is 0. The van der Waals surface area contributed by atoms with Gasteiger partial charge < -0.3 is 15.1 Å². The molecule has 5 nitrogen and oxygen atoms in total. The second-order valence-electron chi connectivity index (χ2n) is 7.22. The van der Waals surface area contributed by atoms with Gasteiger partial charge in [-0.05, 0) is 37.8 Å². The van der Waals surface area contributed by atoms with Crippen LogP contribution in [-0.2, 0) is 4.79 Å². The van der Waals surface area contributed by atoms with Crippen LogP contribution in [0.1, 0.15) is 25.7 Å². The van der Waals surface area contributed by atoms with Crippen LogP contribution in [0.5, 0.6) is 0 Å². The zero-order valence-electron chi connectivity index (χ0n) is 15.0. The van der Waals surface area contributed by atoms with Crippen molar-refractivity contribution in [2.75, 3.05) is 31.5 Å². The van der Waals surface area contributed by atoms with Crippen LogP contribution in [0.4, 0.5) is 23.7 Å². The lowest BCUT2D eigenvalue weighted by Crippen LogP contribution is -2.49. The van der Waals surface area contributed by atoms with Crippen LogP contribution < -0.4 is 5.32 Å². The fourth-order valence-corrected chi connectivity index (χ4v) is 3.76. The van der Waals surface area contributed by atoms with Gasteiger partial charge >= 0.3 is 12.2 Å². The summed E-state index contributed by atoms with van der Waals surface area (Å²) in [5.74, 6) is -1.93. The van der Waals surface area contributed by atoms with Crippen LogP contribution in [0.15, 0.2) is 30.3 Å². The van der Waals surface area contributed by atoms with Gasteiger partial charge in [0.25, 0.3) is 0 Å². The molecule has 8 heteroatoms. The Morgan fingerprint density at radius 1 is 0.963 bits per heavy atom. The minimum absolute atomic E-state index is 0.0887. The first-order chi connectivity index (χ1) is 12.8. The molecule has 0 bridgehead atoms. The van der Waals surface area contributed by atoms with Crippen LogP contribution in [0.2, 0.25) is 0 Å². The molecule has 0 saturated carbocycles. The van der Waals surface area contributed by atoms with Crippen molar-refractivity contribution >= 4 is 17.6 Å². The minimum Gasteiger partial charge on any atom is -0.342 e. The number of carbonyl (C=O) groups excluding carboxylic acids is 2. The predicted molar refractivity (Wildman–Crippen MR) is 95.1 cm³/mol. The number of carbonyl (C=O) groups is 2. The van der Waals surface area contributed by atoms with Crippen molar-refractivity contribution in [1.29, 1.82) is 0 Å². The molecule has 1 aromatic carbocycles. The smallest absolute Gasteiger partial charge is 0.342 e. The van der Waals surface area contributed by atoms with Gasteiger partial charge in [0, 0.05) is 37.8 Å². The van der Waals surface area contributed by atoms with E-state index in [0.717, 1.165) is 0 Å². The Labute approximate surface area is 156 Å². The average Bonchev–Trinajstić information content (AvgIpc) is 2.68. The van der Waals surface area contributed by atoms with Gasteiger partial charge in [-0.25, -0.2) is 4.79 Å². The van der Waals surface area contributed by atoms with E-state index in [1.54, 1.807) is 17.0 Å². The number of anilines is 1. The Kier molecular flexibility index (Phi) is 5.92. The van der Waals surface area contributed by atoms with Crippen LogP contribution in [-0.4, -0.2) is 54.1 Å². The highest BCUT2D eigenvalue weighted by Crippen LogP contribution is 2.34. The van der Waals surface area contributed by atoms with E-state index in [1.165, 1.54) is 4.90 Å². The van der Waals surface area contributed by atoms with Gasteiger partial charge in [0.1, 0.15) is 0 Å². The van der Waals surface area contributed by atoms with Crippen molar-refractivity contribution in [3.05, 3.63) is 30.3 Å². The first-order valence-corrected chi connectivity index (χ1v) is 9.31. The van der Waals surface area contributed by atoms with Crippen LogP contribution in [0, 0.1) is 11.8 Å². The topological polar surface area (TPSA) is 52.7 Å². The summed E-state index contributed by atoms with van der Waals surface area (Å²) in [5, 5.41) is 2.81. The molecule has 1 atom stereocenters. The molecule has 1 N–H and O–H groups in total. The molecule has 2 heterocycles. The molecule has 0 aliphatic carbocycles. The van der Waals surface area contributed by atoms with E-state index < -0.39 is 12.1 Å². The lowest BCUT2D eigenvalue weighted by molar-refractivity contribution is -0.188. The number of urea groups is 1. The van der Waals surface area contributed by atoms with Crippen LogP contribution >= 0.6 is 0 Å². The van der Waals surface area contributed by atoms with Gasteiger partial charge in [-0.1, -0.05) is 18.2 Å². The summed E-state index contributed by atoms with van der Waals surface area (Å²) in [6.07, 6.45) is -2.82. The minimum atomic E-state index is -4.25. The van der Waals surface area contributed by atoms with E-state index in [0.29, 0.717) is 44.6 Å². The Balaban J connectivity index is 1.50. The first kappa shape index (κ1) is 19.5. The first-order valence-electron chi connectivity index (χ1n) is 9.31. The van der Waals surface area contributed by atoms with Crippen molar-refractivity contribution in [2.24, 2.45) is 11.8 Å². The molecular weight excluding hydrogens is 359 g/mol. The maximum Gasteiger partial charge on any atom is 0.393 e. The highest BCUT2D eigenvalue weighted by Gasteiger charge is 2.43. The fourth-order valence-electron chi connectivity index (χ4n) is 3.76. The number of rotatable bonds is 2. The van der Waals surface area contributed by atoms with E-state index in [9.17, 15) is 22.8 Å². The van der Waals surface area contributed by atoms with Gasteiger partial charge in [-0.15, -0.1) is 0 Å². The van der Waals surface area contributed by atoms with Crippen LogP contribution in [0.3, 0.4) is 0 Å². The number of para-hydroxylation sites is 1. The second-order valence-corrected chi connectivity index (χ2v) is 7.22. The Hall–Kier alpha value is -2.25. The average molecular weight is 383 g/mol. The number of nitrogens with one attached hydrogen (secondary N) is 1. The third-order valence-corrected chi connectivity index (χ3v) is 5.35. The monoisotopic (exact) mass is 383 g/mol. The molecule has 0 radical (unpaired) electrons. The van der Waals surface area contributed by atoms with Crippen molar-refractivity contribution in [1.82, 2.24) is 9.80 Å². The van der Waals surface area contributed by atoms with Gasteiger partial charge in [-0.2, -0.15) is 13.2 Å². The molecule has 2 fully saturated rings. The third kappa shape index (κ3) is 4.93. The number of piperidine rings is 2. The summed E-state index contributed by atoms with van der Waals surface area (Å²) in [6, 6.07) is 8.88. The van der Waals surface area contributed by atoms with Crippen molar-refractivity contribution < 1.29 is 22.8 Å². The zero-order chi connectivity index (χ0) is 19.4. The quantitative estimate of drug-likeness (QED) is 0.846. The molecule has 0 spiro atoms. The number of alkyl halides is 3. The number of hydrogen-bond donors (Lipinski definition) is 1. The van der Waals surface area contributed by atoms with E-state index in [-0.39, 0.29) is 30.8 Å². The molecule has 148 valence electrons. The molecule has 2 aliphatic heterocycles. The summed E-state index contributed by atoms with van der Waals surface area (Å²) in [7, 11) is 0. The molecule has 3 amide bonds. The molecule has 2 saturated heterocycles. The number of halogens is 3. The number of likely N-dealkylation sites (tertiary alicyclic amines) is 2. The normalized spacial score (nSPS) is 21.8. The largest absolute Gasteiger partial charge is 0.393 e. The third-order valence-electron chi connectivity index (χ3n) is 5.35. The van der Waals surface area contributed by atoms with Crippen molar-refractivity contribution in [3.8, 4) is 0 Å². The molecule has 3 rings (SSSR count). The lowest BCUT2D eigenvalue weighted by atomic mass is 9.92. The highest BCUT2D eigenvalue weighted by molar-refractivity contribution is 5.89. The SMILES string of the molecule is O=C(Nc1ccccc1)N1CCC(C(=O)N2CCC[C@H](C(F)(F)F)C2)CC1. The van der Waals surface area contributed by atoms with E-state index in [4.69, 9.17) is 0 Å². The molecule has 27 heavy (non-hydrogen) atoms. The maximum atomic E-state index is 13.0. The number of benzene rings is 1. The summed E-state index contributed by atoms with van der Waals surface area (Å²) in [5.41, 5.74) is 0.701. The zero-order valence-corrected chi connectivity index (χ0v) is 15.0. The number of hydrogen-bond acceptors (Lipinski definition) is 2. The standard InChI is InChI=1S/C19H24F3N3O2/c20-19(21,22)15-5-4-10-25(13-15)17(26)14-8-11-24(12-9-14)18(27)23-16-6-2-1-3-7-16/h1-3,6-7,14-15H,4-5,8-13H2,(H,23,27)/t15-/m0/s1. The summed E-state index contributed by atoms with van der Waals surface area (Å²) in [4.78, 5) is 27.9. The lowest BCUT2D eigenvalue weighted by Gasteiger charge is -2.38. The fraction of sp³-hybridized carbons (Fsp3) is 0.579.